The number of piperazine rings is 1. The number of amides is 3. The van der Waals surface area contributed by atoms with Gasteiger partial charge in [0.15, 0.2) is 0 Å². The summed E-state index contributed by atoms with van der Waals surface area (Å²) in [7, 11) is 1.95. The molecule has 0 unspecified atom stereocenters. The third-order valence-corrected chi connectivity index (χ3v) is 6.47. The normalized spacial score (nSPS) is 19.7. The van der Waals surface area contributed by atoms with Crippen molar-refractivity contribution in [3.63, 3.8) is 0 Å². The van der Waals surface area contributed by atoms with E-state index in [2.05, 4.69) is 0 Å². The second kappa shape index (κ2) is 9.90. The Morgan fingerprint density at radius 2 is 1.72 bits per heavy atom. The van der Waals surface area contributed by atoms with Crippen LogP contribution in [0.15, 0.2) is 30.3 Å². The van der Waals surface area contributed by atoms with Gasteiger partial charge in [0.2, 0.25) is 11.8 Å². The van der Waals surface area contributed by atoms with Crippen LogP contribution in [0.4, 0.5) is 4.79 Å². The van der Waals surface area contributed by atoms with E-state index in [-0.39, 0.29) is 24.4 Å². The predicted octanol–water partition coefficient (Wildman–Crippen LogP) is 2.35. The fraction of sp³-hybridized carbons (Fsp3) is 0.625. The van der Waals surface area contributed by atoms with Gasteiger partial charge in [-0.2, -0.15) is 0 Å². The number of carbonyl (C=O) groups is 3. The van der Waals surface area contributed by atoms with Gasteiger partial charge in [-0.3, -0.25) is 19.4 Å². The summed E-state index contributed by atoms with van der Waals surface area (Å²) >= 11 is 0. The van der Waals surface area contributed by atoms with Crippen molar-refractivity contribution in [1.82, 2.24) is 19.6 Å². The van der Waals surface area contributed by atoms with E-state index < -0.39 is 17.6 Å². The van der Waals surface area contributed by atoms with Crippen LogP contribution in [0.2, 0.25) is 0 Å². The number of hydrogen-bond acceptors (Lipinski definition) is 4. The van der Waals surface area contributed by atoms with Crippen LogP contribution in [0, 0.1) is 5.41 Å². The first-order chi connectivity index (χ1) is 15.1. The Bertz CT molecular complexity index is 815. The van der Waals surface area contributed by atoms with Gasteiger partial charge in [0.1, 0.15) is 6.04 Å². The second-order valence-electron chi connectivity index (χ2n) is 10.0. The van der Waals surface area contributed by atoms with Gasteiger partial charge in [0.05, 0.1) is 6.54 Å². The SMILES string of the molecule is CN1CCN(C2CCN(C(=O)[C@H](N(Cc3ccccc3)C(=O)O)C(C)(C)C)CC2)C(=O)C1. The van der Waals surface area contributed by atoms with Crippen molar-refractivity contribution in [2.45, 2.75) is 52.2 Å². The van der Waals surface area contributed by atoms with Gasteiger partial charge >= 0.3 is 6.09 Å². The molecule has 2 saturated heterocycles. The maximum absolute atomic E-state index is 13.6. The molecule has 0 saturated carbocycles. The quantitative estimate of drug-likeness (QED) is 0.754. The number of piperidine rings is 1. The molecule has 32 heavy (non-hydrogen) atoms. The average Bonchev–Trinajstić information content (AvgIpc) is 2.73. The molecule has 0 radical (unpaired) electrons. The minimum Gasteiger partial charge on any atom is -0.465 e. The third kappa shape index (κ3) is 5.59. The number of carbonyl (C=O) groups excluding carboxylic acids is 2. The van der Waals surface area contributed by atoms with Gasteiger partial charge in [-0.05, 0) is 30.9 Å². The molecular weight excluding hydrogens is 408 g/mol. The molecule has 0 aliphatic carbocycles. The Morgan fingerprint density at radius 1 is 1.09 bits per heavy atom. The zero-order valence-electron chi connectivity index (χ0n) is 19.7. The number of likely N-dealkylation sites (N-methyl/N-ethyl adjacent to an activating group) is 1. The lowest BCUT2D eigenvalue weighted by Crippen LogP contribution is -2.59. The Balaban J connectivity index is 1.71. The van der Waals surface area contributed by atoms with Crippen LogP contribution < -0.4 is 0 Å². The predicted molar refractivity (Wildman–Crippen MR) is 122 cm³/mol. The molecular formula is C24H36N4O4. The third-order valence-electron chi connectivity index (χ3n) is 6.47. The van der Waals surface area contributed by atoms with Gasteiger partial charge in [-0.1, -0.05) is 51.1 Å². The Labute approximate surface area is 190 Å². The second-order valence-corrected chi connectivity index (χ2v) is 10.0. The lowest BCUT2D eigenvalue weighted by atomic mass is 9.84. The number of rotatable bonds is 5. The van der Waals surface area contributed by atoms with Crippen LogP contribution in [0.25, 0.3) is 0 Å². The summed E-state index contributed by atoms with van der Waals surface area (Å²) in [4.78, 5) is 45.3. The molecule has 1 aromatic carbocycles. The number of hydrogen-bond donors (Lipinski definition) is 1. The summed E-state index contributed by atoms with van der Waals surface area (Å²) in [6.45, 7) is 8.99. The lowest BCUT2D eigenvalue weighted by Gasteiger charge is -2.44. The molecule has 3 rings (SSSR count). The molecule has 1 aromatic rings. The molecule has 2 aliphatic rings. The summed E-state index contributed by atoms with van der Waals surface area (Å²) < 4.78 is 0. The standard InChI is InChI=1S/C24H36N4O4/c1-24(2,3)21(28(23(31)32)16-18-8-6-5-7-9-18)22(30)26-12-10-19(11-13-26)27-15-14-25(4)17-20(27)29/h5-9,19,21H,10-17H2,1-4H3,(H,31,32)/t21-/m0/s1. The molecule has 3 amide bonds. The first-order valence-electron chi connectivity index (χ1n) is 11.4. The van der Waals surface area contributed by atoms with Gasteiger partial charge in [-0.25, -0.2) is 4.79 Å². The number of nitrogens with zero attached hydrogens (tertiary/aromatic N) is 4. The van der Waals surface area contributed by atoms with Crippen molar-refractivity contribution in [3.8, 4) is 0 Å². The summed E-state index contributed by atoms with van der Waals surface area (Å²) in [5, 5.41) is 9.99. The number of carboxylic acid groups (broad SMARTS) is 1. The highest BCUT2D eigenvalue weighted by Crippen LogP contribution is 2.29. The highest BCUT2D eigenvalue weighted by Gasteiger charge is 2.42. The first-order valence-corrected chi connectivity index (χ1v) is 11.4. The summed E-state index contributed by atoms with van der Waals surface area (Å²) in [5.74, 6) is -0.00464. The molecule has 2 heterocycles. The van der Waals surface area contributed by atoms with Crippen molar-refractivity contribution in [1.29, 1.82) is 0 Å². The van der Waals surface area contributed by atoms with Crippen molar-refractivity contribution < 1.29 is 19.5 Å². The molecule has 2 fully saturated rings. The van der Waals surface area contributed by atoms with Crippen LogP contribution >= 0.6 is 0 Å². The summed E-state index contributed by atoms with van der Waals surface area (Å²) in [6.07, 6.45) is 0.355. The van der Waals surface area contributed by atoms with E-state index in [1.54, 1.807) is 4.90 Å². The Kier molecular flexibility index (Phi) is 7.44. The smallest absolute Gasteiger partial charge is 0.408 e. The molecule has 0 bridgehead atoms. The molecule has 1 atom stereocenters. The van der Waals surface area contributed by atoms with E-state index in [4.69, 9.17) is 0 Å². The van der Waals surface area contributed by atoms with E-state index in [1.807, 2.05) is 68.0 Å². The number of benzene rings is 1. The highest BCUT2D eigenvalue weighted by molar-refractivity contribution is 5.86. The van der Waals surface area contributed by atoms with Gasteiger partial charge in [-0.15, -0.1) is 0 Å². The van der Waals surface area contributed by atoms with Gasteiger partial charge in [0, 0.05) is 38.8 Å². The maximum Gasteiger partial charge on any atom is 0.408 e. The van der Waals surface area contributed by atoms with Crippen LogP contribution in [0.3, 0.4) is 0 Å². The molecule has 176 valence electrons. The van der Waals surface area contributed by atoms with Gasteiger partial charge in [0.25, 0.3) is 0 Å². The van der Waals surface area contributed by atoms with E-state index in [0.29, 0.717) is 19.6 Å². The van der Waals surface area contributed by atoms with Gasteiger partial charge < -0.3 is 14.9 Å². The average molecular weight is 445 g/mol. The van der Waals surface area contributed by atoms with Crippen LogP contribution in [0.5, 0.6) is 0 Å². The summed E-state index contributed by atoms with van der Waals surface area (Å²) in [5.41, 5.74) is 0.290. The molecule has 2 aliphatic heterocycles. The molecule has 0 aromatic heterocycles. The first kappa shape index (κ1) is 24.0. The molecule has 0 spiro atoms. The van der Waals surface area contributed by atoms with E-state index in [0.717, 1.165) is 31.5 Å². The van der Waals surface area contributed by atoms with Crippen molar-refractivity contribution in [2.75, 3.05) is 39.8 Å². The monoisotopic (exact) mass is 444 g/mol. The number of likely N-dealkylation sites (tertiary alicyclic amines) is 1. The van der Waals surface area contributed by atoms with E-state index >= 15 is 0 Å². The van der Waals surface area contributed by atoms with Crippen molar-refractivity contribution in [3.05, 3.63) is 35.9 Å². The molecule has 8 nitrogen and oxygen atoms in total. The topological polar surface area (TPSA) is 84.4 Å². The highest BCUT2D eigenvalue weighted by atomic mass is 16.4. The fourth-order valence-electron chi connectivity index (χ4n) is 4.78. The molecule has 8 heteroatoms. The van der Waals surface area contributed by atoms with Crippen molar-refractivity contribution in [2.24, 2.45) is 5.41 Å². The van der Waals surface area contributed by atoms with Crippen LogP contribution in [0.1, 0.15) is 39.2 Å². The minimum atomic E-state index is -1.10. The zero-order valence-corrected chi connectivity index (χ0v) is 19.7. The Hall–Kier alpha value is -2.61. The Morgan fingerprint density at radius 3 is 2.25 bits per heavy atom. The molecule has 1 N–H and O–H groups in total. The largest absolute Gasteiger partial charge is 0.465 e. The lowest BCUT2D eigenvalue weighted by molar-refractivity contribution is -0.144. The van der Waals surface area contributed by atoms with Crippen LogP contribution in [-0.2, 0) is 16.1 Å². The maximum atomic E-state index is 13.6. The minimum absolute atomic E-state index is 0.147. The van der Waals surface area contributed by atoms with Crippen LogP contribution in [-0.4, -0.2) is 94.5 Å². The van der Waals surface area contributed by atoms with Crippen molar-refractivity contribution >= 4 is 17.9 Å². The summed E-state index contributed by atoms with van der Waals surface area (Å²) in [6, 6.07) is 8.73. The van der Waals surface area contributed by atoms with E-state index in [1.165, 1.54) is 4.90 Å². The zero-order chi connectivity index (χ0) is 23.5. The fourth-order valence-corrected chi connectivity index (χ4v) is 4.78. The van der Waals surface area contributed by atoms with E-state index in [9.17, 15) is 19.5 Å².